The largest absolute Gasteiger partial charge is 0.478 e. The summed E-state index contributed by atoms with van der Waals surface area (Å²) in [4.78, 5) is 21.3. The third-order valence-electron chi connectivity index (χ3n) is 3.31. The summed E-state index contributed by atoms with van der Waals surface area (Å²) in [5, 5.41) is 24.0. The lowest BCUT2D eigenvalue weighted by Crippen LogP contribution is -2.02. The molecular formula is C16H15N3O4. The summed E-state index contributed by atoms with van der Waals surface area (Å²) < 4.78 is 0. The molecule has 0 unspecified atom stereocenters. The molecule has 2 rings (SSSR count). The number of hydrazone groups is 1. The van der Waals surface area contributed by atoms with E-state index in [0.717, 1.165) is 0 Å². The Morgan fingerprint density at radius 2 is 1.78 bits per heavy atom. The van der Waals surface area contributed by atoms with Crippen molar-refractivity contribution in [3.05, 3.63) is 69.3 Å². The molecule has 0 atom stereocenters. The molecule has 7 nitrogen and oxygen atoms in total. The topological polar surface area (TPSA) is 105 Å². The van der Waals surface area contributed by atoms with Crippen molar-refractivity contribution in [1.82, 2.24) is 0 Å². The molecular weight excluding hydrogens is 298 g/mol. The lowest BCUT2D eigenvalue weighted by Gasteiger charge is -2.05. The van der Waals surface area contributed by atoms with Gasteiger partial charge >= 0.3 is 5.97 Å². The van der Waals surface area contributed by atoms with Crippen LogP contribution in [-0.4, -0.2) is 21.7 Å². The Bertz CT molecular complexity index is 782. The van der Waals surface area contributed by atoms with E-state index in [-0.39, 0.29) is 11.3 Å². The second-order valence-corrected chi connectivity index (χ2v) is 4.95. The van der Waals surface area contributed by atoms with E-state index in [1.165, 1.54) is 18.2 Å². The maximum atomic E-state index is 11.0. The van der Waals surface area contributed by atoms with Gasteiger partial charge in [-0.05, 0) is 38.1 Å². The minimum atomic E-state index is -0.997. The van der Waals surface area contributed by atoms with Crippen LogP contribution in [0.5, 0.6) is 0 Å². The molecule has 2 aromatic carbocycles. The Labute approximate surface area is 132 Å². The van der Waals surface area contributed by atoms with E-state index in [0.29, 0.717) is 22.5 Å². The fraction of sp³-hybridized carbons (Fsp3) is 0.125. The van der Waals surface area contributed by atoms with E-state index in [9.17, 15) is 14.9 Å². The second kappa shape index (κ2) is 6.69. The summed E-state index contributed by atoms with van der Waals surface area (Å²) in [5.74, 6) is -0.997. The van der Waals surface area contributed by atoms with Crippen molar-refractivity contribution < 1.29 is 14.8 Å². The number of carbonyl (C=O) groups is 1. The van der Waals surface area contributed by atoms with E-state index >= 15 is 0 Å². The van der Waals surface area contributed by atoms with Gasteiger partial charge in [0.15, 0.2) is 0 Å². The fourth-order valence-electron chi connectivity index (χ4n) is 1.93. The standard InChI is InChI=1S/C16H15N3O4/c1-10-3-4-13(9-15(10)19(22)23)11(2)17-18-14-7-5-12(6-8-14)16(20)21/h3-9,18H,1-2H3,(H,20,21). The van der Waals surface area contributed by atoms with Crippen molar-refractivity contribution >= 4 is 23.1 Å². The van der Waals surface area contributed by atoms with Gasteiger partial charge < -0.3 is 5.11 Å². The summed E-state index contributed by atoms with van der Waals surface area (Å²) in [6.45, 7) is 3.41. The van der Waals surface area contributed by atoms with E-state index < -0.39 is 10.9 Å². The van der Waals surface area contributed by atoms with Gasteiger partial charge in [-0.3, -0.25) is 15.5 Å². The molecule has 0 bridgehead atoms. The molecule has 0 radical (unpaired) electrons. The van der Waals surface area contributed by atoms with E-state index in [1.807, 2.05) is 0 Å². The van der Waals surface area contributed by atoms with E-state index in [4.69, 9.17) is 5.11 Å². The number of aryl methyl sites for hydroxylation is 1. The Morgan fingerprint density at radius 1 is 1.17 bits per heavy atom. The van der Waals surface area contributed by atoms with Crippen LogP contribution in [0, 0.1) is 17.0 Å². The number of rotatable bonds is 5. The first kappa shape index (κ1) is 16.2. The molecule has 0 aliphatic heterocycles. The van der Waals surface area contributed by atoms with Gasteiger partial charge in [-0.25, -0.2) is 4.79 Å². The van der Waals surface area contributed by atoms with Crippen LogP contribution in [0.4, 0.5) is 11.4 Å². The van der Waals surface area contributed by atoms with Crippen molar-refractivity contribution in [2.24, 2.45) is 5.10 Å². The van der Waals surface area contributed by atoms with Crippen molar-refractivity contribution in [3.8, 4) is 0 Å². The van der Waals surface area contributed by atoms with E-state index in [1.54, 1.807) is 38.1 Å². The van der Waals surface area contributed by atoms with Crippen LogP contribution in [0.25, 0.3) is 0 Å². The number of carboxylic acids is 1. The van der Waals surface area contributed by atoms with Crippen molar-refractivity contribution in [1.29, 1.82) is 0 Å². The molecule has 2 aromatic rings. The molecule has 0 aromatic heterocycles. The number of nitrogens with zero attached hydrogens (tertiary/aromatic N) is 2. The van der Waals surface area contributed by atoms with Crippen molar-refractivity contribution in [3.63, 3.8) is 0 Å². The van der Waals surface area contributed by atoms with Crippen LogP contribution >= 0.6 is 0 Å². The highest BCUT2D eigenvalue weighted by molar-refractivity contribution is 5.99. The first-order chi connectivity index (χ1) is 10.9. The Balaban J connectivity index is 2.18. The molecule has 0 spiro atoms. The summed E-state index contributed by atoms with van der Waals surface area (Å²) in [5.41, 5.74) is 5.45. The zero-order valence-electron chi connectivity index (χ0n) is 12.6. The molecule has 2 N–H and O–H groups in total. The van der Waals surface area contributed by atoms with Crippen LogP contribution in [-0.2, 0) is 0 Å². The lowest BCUT2D eigenvalue weighted by atomic mass is 10.1. The molecule has 118 valence electrons. The minimum Gasteiger partial charge on any atom is -0.478 e. The number of aromatic carboxylic acids is 1. The normalized spacial score (nSPS) is 11.1. The predicted octanol–water partition coefficient (Wildman–Crippen LogP) is 3.44. The van der Waals surface area contributed by atoms with Crippen molar-refractivity contribution in [2.45, 2.75) is 13.8 Å². The molecule has 0 aliphatic carbocycles. The average molecular weight is 313 g/mol. The van der Waals surface area contributed by atoms with Crippen LogP contribution < -0.4 is 5.43 Å². The first-order valence-corrected chi connectivity index (χ1v) is 6.77. The smallest absolute Gasteiger partial charge is 0.335 e. The van der Waals surface area contributed by atoms with Crippen molar-refractivity contribution in [2.75, 3.05) is 5.43 Å². The number of nitro benzene ring substituents is 1. The average Bonchev–Trinajstić information content (AvgIpc) is 2.53. The second-order valence-electron chi connectivity index (χ2n) is 4.95. The molecule has 0 amide bonds. The van der Waals surface area contributed by atoms with Gasteiger partial charge in [0, 0.05) is 17.2 Å². The number of benzene rings is 2. The van der Waals surface area contributed by atoms with Gasteiger partial charge in [0.05, 0.1) is 21.9 Å². The number of hydrogen-bond donors (Lipinski definition) is 2. The Kier molecular flexibility index (Phi) is 4.70. The monoisotopic (exact) mass is 313 g/mol. The summed E-state index contributed by atoms with van der Waals surface area (Å²) >= 11 is 0. The van der Waals surface area contributed by atoms with Gasteiger partial charge in [0.25, 0.3) is 5.69 Å². The number of anilines is 1. The Hall–Kier alpha value is -3.22. The first-order valence-electron chi connectivity index (χ1n) is 6.77. The molecule has 0 saturated carbocycles. The maximum absolute atomic E-state index is 11.0. The van der Waals surface area contributed by atoms with Crippen LogP contribution in [0.3, 0.4) is 0 Å². The van der Waals surface area contributed by atoms with Gasteiger partial charge in [-0.1, -0.05) is 12.1 Å². The highest BCUT2D eigenvalue weighted by Crippen LogP contribution is 2.20. The van der Waals surface area contributed by atoms with Gasteiger partial charge in [0.1, 0.15) is 0 Å². The van der Waals surface area contributed by atoms with Crippen LogP contribution in [0.2, 0.25) is 0 Å². The van der Waals surface area contributed by atoms with Gasteiger partial charge in [0.2, 0.25) is 0 Å². The maximum Gasteiger partial charge on any atom is 0.335 e. The number of nitro groups is 1. The summed E-state index contributed by atoms with van der Waals surface area (Å²) in [7, 11) is 0. The SMILES string of the molecule is CC(=NNc1ccc(C(=O)O)cc1)c1ccc(C)c([N+](=O)[O-])c1. The lowest BCUT2D eigenvalue weighted by molar-refractivity contribution is -0.385. The predicted molar refractivity (Wildman–Crippen MR) is 87.1 cm³/mol. The van der Waals surface area contributed by atoms with Gasteiger partial charge in [-0.2, -0.15) is 5.10 Å². The molecule has 0 fully saturated rings. The fourth-order valence-corrected chi connectivity index (χ4v) is 1.93. The van der Waals surface area contributed by atoms with Gasteiger partial charge in [-0.15, -0.1) is 0 Å². The Morgan fingerprint density at radius 3 is 2.35 bits per heavy atom. The zero-order chi connectivity index (χ0) is 17.0. The highest BCUT2D eigenvalue weighted by atomic mass is 16.6. The zero-order valence-corrected chi connectivity index (χ0v) is 12.6. The highest BCUT2D eigenvalue weighted by Gasteiger charge is 2.12. The third-order valence-corrected chi connectivity index (χ3v) is 3.31. The van der Waals surface area contributed by atoms with Crippen LogP contribution in [0.1, 0.15) is 28.4 Å². The number of nitrogens with one attached hydrogen (secondary N) is 1. The summed E-state index contributed by atoms with van der Waals surface area (Å²) in [6, 6.07) is 11.0. The molecule has 23 heavy (non-hydrogen) atoms. The third kappa shape index (κ3) is 3.91. The minimum absolute atomic E-state index is 0.0443. The van der Waals surface area contributed by atoms with E-state index in [2.05, 4.69) is 10.5 Å². The molecule has 7 heteroatoms. The quantitative estimate of drug-likeness (QED) is 0.500. The number of carboxylic acid groups (broad SMARTS) is 1. The number of hydrogen-bond acceptors (Lipinski definition) is 5. The summed E-state index contributed by atoms with van der Waals surface area (Å²) in [6.07, 6.45) is 0. The molecule has 0 aliphatic rings. The molecule has 0 heterocycles. The molecule has 0 saturated heterocycles. The van der Waals surface area contributed by atoms with Crippen LogP contribution in [0.15, 0.2) is 47.6 Å².